The van der Waals surface area contributed by atoms with Gasteiger partial charge in [0.2, 0.25) is 0 Å². The highest BCUT2D eigenvalue weighted by Crippen LogP contribution is 2.20. The fourth-order valence-electron chi connectivity index (χ4n) is 1.70. The number of hydrogen-bond donors (Lipinski definition) is 4. The van der Waals surface area contributed by atoms with Crippen LogP contribution in [-0.2, 0) is 0 Å². The van der Waals surface area contributed by atoms with E-state index in [0.717, 1.165) is 6.54 Å². The Bertz CT molecular complexity index is 657. The lowest BCUT2D eigenvalue weighted by Crippen LogP contribution is -2.18. The van der Waals surface area contributed by atoms with Gasteiger partial charge in [0.15, 0.2) is 0 Å². The Labute approximate surface area is 157 Å². The third kappa shape index (κ3) is 6.78. The van der Waals surface area contributed by atoms with Crippen molar-refractivity contribution in [3.63, 3.8) is 0 Å². The van der Waals surface area contributed by atoms with Gasteiger partial charge in [0.05, 0.1) is 10.3 Å². The second kappa shape index (κ2) is 9.76. The number of amidine groups is 2. The van der Waals surface area contributed by atoms with Gasteiger partial charge in [0.1, 0.15) is 17.5 Å². The van der Waals surface area contributed by atoms with Gasteiger partial charge in [0.25, 0.3) is 0 Å². The van der Waals surface area contributed by atoms with Crippen molar-refractivity contribution in [1.29, 1.82) is 10.8 Å². The SMILES string of the molecule is CCN/C(Br)=C(\C=N)C/C(=N/C(C)=N)Nc1ccc(F)cc1I. The summed E-state index contributed by atoms with van der Waals surface area (Å²) < 4.78 is 14.6. The molecule has 4 N–H and O–H groups in total. The largest absolute Gasteiger partial charge is 0.379 e. The lowest BCUT2D eigenvalue weighted by atomic mass is 10.2. The highest BCUT2D eigenvalue weighted by molar-refractivity contribution is 14.1. The normalized spacial score (nSPS) is 12.5. The number of aliphatic imine (C=N–C) groups is 1. The molecule has 0 heterocycles. The maximum absolute atomic E-state index is 13.2. The van der Waals surface area contributed by atoms with Crippen molar-refractivity contribution in [3.05, 3.63) is 37.8 Å². The molecule has 1 aromatic carbocycles. The van der Waals surface area contributed by atoms with E-state index in [1.165, 1.54) is 18.3 Å². The molecule has 0 fully saturated rings. The van der Waals surface area contributed by atoms with Crippen LogP contribution in [0.3, 0.4) is 0 Å². The molecule has 0 aliphatic carbocycles. The van der Waals surface area contributed by atoms with Crippen LogP contribution in [0, 0.1) is 20.2 Å². The number of benzene rings is 1. The topological polar surface area (TPSA) is 84.1 Å². The van der Waals surface area contributed by atoms with E-state index >= 15 is 0 Å². The molecule has 5 nitrogen and oxygen atoms in total. The van der Waals surface area contributed by atoms with Gasteiger partial charge in [-0.1, -0.05) is 0 Å². The lowest BCUT2D eigenvalue weighted by molar-refractivity contribution is 0.627. The van der Waals surface area contributed by atoms with E-state index in [0.29, 0.717) is 31.7 Å². The molecule has 0 aliphatic rings. The summed E-state index contributed by atoms with van der Waals surface area (Å²) >= 11 is 5.43. The van der Waals surface area contributed by atoms with Gasteiger partial charge in [0, 0.05) is 28.3 Å². The summed E-state index contributed by atoms with van der Waals surface area (Å²) in [4.78, 5) is 4.17. The summed E-state index contributed by atoms with van der Waals surface area (Å²) in [6.45, 7) is 4.25. The molecule has 0 amide bonds. The van der Waals surface area contributed by atoms with E-state index in [-0.39, 0.29) is 11.7 Å². The molecule has 0 saturated carbocycles. The molecule has 1 rings (SSSR count). The molecule has 0 aromatic heterocycles. The first kappa shape index (κ1) is 19.8. The Hall–Kier alpha value is -1.29. The van der Waals surface area contributed by atoms with Crippen molar-refractivity contribution in [1.82, 2.24) is 5.32 Å². The van der Waals surface area contributed by atoms with Gasteiger partial charge in [-0.2, -0.15) is 0 Å². The molecule has 23 heavy (non-hydrogen) atoms. The molecular weight excluding hydrogens is 476 g/mol. The van der Waals surface area contributed by atoms with Crippen molar-refractivity contribution in [2.75, 3.05) is 11.9 Å². The van der Waals surface area contributed by atoms with Crippen LogP contribution in [0.15, 0.2) is 33.4 Å². The summed E-state index contributed by atoms with van der Waals surface area (Å²) in [6.07, 6.45) is 1.57. The van der Waals surface area contributed by atoms with Gasteiger partial charge >= 0.3 is 0 Å². The molecule has 1 aromatic rings. The maximum atomic E-state index is 13.2. The average Bonchev–Trinajstić information content (AvgIpc) is 2.47. The van der Waals surface area contributed by atoms with Crippen molar-refractivity contribution in [3.8, 4) is 0 Å². The Balaban J connectivity index is 3.08. The first-order chi connectivity index (χ1) is 10.9. The van der Waals surface area contributed by atoms with Crippen molar-refractivity contribution < 1.29 is 4.39 Å². The van der Waals surface area contributed by atoms with Gasteiger partial charge in [-0.3, -0.25) is 5.41 Å². The Kier molecular flexibility index (Phi) is 8.38. The molecule has 0 unspecified atom stereocenters. The molecular formula is C15H18BrFIN5. The highest BCUT2D eigenvalue weighted by Gasteiger charge is 2.10. The second-order valence-electron chi connectivity index (χ2n) is 4.58. The van der Waals surface area contributed by atoms with Crippen LogP contribution in [-0.4, -0.2) is 24.4 Å². The molecule has 124 valence electrons. The van der Waals surface area contributed by atoms with Gasteiger partial charge < -0.3 is 16.0 Å². The number of anilines is 1. The fraction of sp³-hybridized carbons (Fsp3) is 0.267. The zero-order valence-corrected chi connectivity index (χ0v) is 16.5. The van der Waals surface area contributed by atoms with Crippen LogP contribution >= 0.6 is 38.5 Å². The molecule has 0 radical (unpaired) electrons. The van der Waals surface area contributed by atoms with E-state index in [2.05, 4.69) is 31.6 Å². The minimum atomic E-state index is -0.309. The third-order valence-electron chi connectivity index (χ3n) is 2.66. The lowest BCUT2D eigenvalue weighted by Gasteiger charge is -2.13. The highest BCUT2D eigenvalue weighted by atomic mass is 127. The van der Waals surface area contributed by atoms with Crippen LogP contribution in [0.1, 0.15) is 20.3 Å². The smallest absolute Gasteiger partial charge is 0.124 e. The summed E-state index contributed by atoms with van der Waals surface area (Å²) in [7, 11) is 0. The summed E-state index contributed by atoms with van der Waals surface area (Å²) in [5.74, 6) is 0.348. The Morgan fingerprint density at radius 3 is 2.70 bits per heavy atom. The van der Waals surface area contributed by atoms with Crippen LogP contribution in [0.2, 0.25) is 0 Å². The monoisotopic (exact) mass is 493 g/mol. The Morgan fingerprint density at radius 1 is 1.48 bits per heavy atom. The number of halogens is 3. The molecule has 0 atom stereocenters. The average molecular weight is 494 g/mol. The summed E-state index contributed by atoms with van der Waals surface area (Å²) in [5, 5.41) is 21.3. The number of nitrogens with one attached hydrogen (secondary N) is 4. The predicted octanol–water partition coefficient (Wildman–Crippen LogP) is 4.49. The fourth-order valence-corrected chi connectivity index (χ4v) is 2.85. The quantitative estimate of drug-likeness (QED) is 0.204. The van der Waals surface area contributed by atoms with E-state index < -0.39 is 0 Å². The molecule has 0 spiro atoms. The molecule has 0 saturated heterocycles. The van der Waals surface area contributed by atoms with E-state index in [1.807, 2.05) is 29.5 Å². The zero-order valence-electron chi connectivity index (χ0n) is 12.8. The summed E-state index contributed by atoms with van der Waals surface area (Å²) in [5.41, 5.74) is 1.40. The summed E-state index contributed by atoms with van der Waals surface area (Å²) in [6, 6.07) is 4.40. The number of hydrogen-bond acceptors (Lipinski definition) is 3. The third-order valence-corrected chi connectivity index (χ3v) is 4.34. The van der Waals surface area contributed by atoms with Crippen LogP contribution in [0.25, 0.3) is 0 Å². The van der Waals surface area contributed by atoms with Crippen molar-refractivity contribution in [2.24, 2.45) is 4.99 Å². The molecule has 0 bridgehead atoms. The van der Waals surface area contributed by atoms with Crippen LogP contribution < -0.4 is 10.6 Å². The van der Waals surface area contributed by atoms with Crippen molar-refractivity contribution >= 4 is 62.1 Å². The first-order valence-electron chi connectivity index (χ1n) is 6.85. The van der Waals surface area contributed by atoms with Gasteiger partial charge in [-0.25, -0.2) is 9.38 Å². The van der Waals surface area contributed by atoms with E-state index in [1.54, 1.807) is 13.0 Å². The maximum Gasteiger partial charge on any atom is 0.124 e. The molecule has 0 aliphatic heterocycles. The second-order valence-corrected chi connectivity index (χ2v) is 6.54. The standard InChI is InChI=1S/C15H18BrFIN5/c1-3-21-15(16)10(8-19)6-14(22-9(2)20)23-13-5-4-11(17)7-12(13)18/h4-5,7-8,19,21H,3,6H2,1-2H3,(H2,20,22,23)/b15-10-,19-8?. The van der Waals surface area contributed by atoms with Crippen LogP contribution in [0.4, 0.5) is 10.1 Å². The minimum absolute atomic E-state index is 0.147. The number of rotatable bonds is 6. The van der Waals surface area contributed by atoms with E-state index in [4.69, 9.17) is 10.8 Å². The minimum Gasteiger partial charge on any atom is -0.379 e. The Morgan fingerprint density at radius 2 is 2.17 bits per heavy atom. The van der Waals surface area contributed by atoms with Gasteiger partial charge in [-0.15, -0.1) is 0 Å². The van der Waals surface area contributed by atoms with Crippen molar-refractivity contribution in [2.45, 2.75) is 20.3 Å². The zero-order chi connectivity index (χ0) is 17.4. The van der Waals surface area contributed by atoms with Gasteiger partial charge in [-0.05, 0) is 70.6 Å². The van der Waals surface area contributed by atoms with Crippen LogP contribution in [0.5, 0.6) is 0 Å². The predicted molar refractivity (Wildman–Crippen MR) is 107 cm³/mol. The number of nitrogens with zero attached hydrogens (tertiary/aromatic N) is 1. The van der Waals surface area contributed by atoms with E-state index in [9.17, 15) is 4.39 Å². The first-order valence-corrected chi connectivity index (χ1v) is 8.72. The molecule has 8 heteroatoms.